The molecule has 0 saturated carbocycles. The lowest BCUT2D eigenvalue weighted by Gasteiger charge is -2.36. The van der Waals surface area contributed by atoms with Crippen molar-refractivity contribution < 1.29 is 14.3 Å². The first-order valence-corrected chi connectivity index (χ1v) is 12.8. The molecule has 1 N–H and O–H groups in total. The Labute approximate surface area is 224 Å². The maximum Gasteiger partial charge on any atom is 0.408 e. The Morgan fingerprint density at radius 1 is 0.921 bits per heavy atom. The van der Waals surface area contributed by atoms with Crippen molar-refractivity contribution >= 4 is 23.6 Å². The molecule has 0 bridgehead atoms. The van der Waals surface area contributed by atoms with Crippen LogP contribution < -0.4 is 15.1 Å². The van der Waals surface area contributed by atoms with Crippen LogP contribution in [0.25, 0.3) is 11.1 Å². The van der Waals surface area contributed by atoms with E-state index in [0.29, 0.717) is 6.54 Å². The minimum atomic E-state index is -0.612. The van der Waals surface area contributed by atoms with E-state index >= 15 is 0 Å². The molecule has 3 aromatic rings. The Bertz CT molecular complexity index is 1220. The summed E-state index contributed by atoms with van der Waals surface area (Å²) >= 11 is 0. The Balaban J connectivity index is 1.31. The number of carbonyl (C=O) groups excluding carboxylic acids is 2. The smallest absolute Gasteiger partial charge is 0.408 e. The van der Waals surface area contributed by atoms with Gasteiger partial charge in [0, 0.05) is 63.4 Å². The number of alkyl carbamates (subject to hydrolysis) is 1. The van der Waals surface area contributed by atoms with Gasteiger partial charge in [-0.3, -0.25) is 4.79 Å². The number of rotatable bonds is 7. The SMILES string of the molecule is CN(Cc1cccc(-c2cnc(N3CCN(c4ccccc4)CC3)nc2)c1)C(=O)CNC(=O)OC(C)(C)C. The highest BCUT2D eigenvalue weighted by Crippen LogP contribution is 2.22. The number of ether oxygens (including phenoxy) is 1. The quantitative estimate of drug-likeness (QED) is 0.508. The maximum absolute atomic E-state index is 12.5. The highest BCUT2D eigenvalue weighted by molar-refractivity contribution is 5.82. The van der Waals surface area contributed by atoms with Crippen LogP contribution >= 0.6 is 0 Å². The molecule has 1 aromatic heterocycles. The molecular weight excluding hydrogens is 480 g/mol. The summed E-state index contributed by atoms with van der Waals surface area (Å²) in [6.45, 7) is 9.21. The third kappa shape index (κ3) is 7.44. The van der Waals surface area contributed by atoms with E-state index in [0.717, 1.165) is 48.8 Å². The lowest BCUT2D eigenvalue weighted by atomic mass is 10.1. The molecule has 0 atom stereocenters. The highest BCUT2D eigenvalue weighted by atomic mass is 16.6. The number of likely N-dealkylation sites (N-methyl/N-ethyl adjacent to an activating group) is 1. The number of anilines is 2. The van der Waals surface area contributed by atoms with Crippen LogP contribution in [0, 0.1) is 0 Å². The highest BCUT2D eigenvalue weighted by Gasteiger charge is 2.20. The fourth-order valence-corrected chi connectivity index (χ4v) is 4.25. The van der Waals surface area contributed by atoms with Gasteiger partial charge < -0.3 is 24.8 Å². The van der Waals surface area contributed by atoms with Gasteiger partial charge >= 0.3 is 6.09 Å². The van der Waals surface area contributed by atoms with E-state index in [1.54, 1.807) is 32.7 Å². The van der Waals surface area contributed by atoms with Gasteiger partial charge in [0.25, 0.3) is 0 Å². The minimum Gasteiger partial charge on any atom is -0.444 e. The van der Waals surface area contributed by atoms with Crippen LogP contribution in [-0.2, 0) is 16.1 Å². The first-order chi connectivity index (χ1) is 18.2. The summed E-state index contributed by atoms with van der Waals surface area (Å²) in [6.07, 6.45) is 3.10. The van der Waals surface area contributed by atoms with E-state index in [9.17, 15) is 9.59 Å². The second kappa shape index (κ2) is 11.9. The van der Waals surface area contributed by atoms with Gasteiger partial charge in [0.2, 0.25) is 11.9 Å². The third-order valence-electron chi connectivity index (χ3n) is 6.21. The predicted octanol–water partition coefficient (Wildman–Crippen LogP) is 3.95. The van der Waals surface area contributed by atoms with E-state index in [4.69, 9.17) is 4.74 Å². The molecule has 9 nitrogen and oxygen atoms in total. The number of piperazine rings is 1. The molecule has 0 spiro atoms. The van der Waals surface area contributed by atoms with E-state index in [1.807, 2.05) is 42.7 Å². The second-order valence-corrected chi connectivity index (χ2v) is 10.4. The molecule has 1 saturated heterocycles. The van der Waals surface area contributed by atoms with Crippen molar-refractivity contribution in [1.82, 2.24) is 20.2 Å². The van der Waals surface area contributed by atoms with Crippen LogP contribution in [0.2, 0.25) is 0 Å². The molecule has 9 heteroatoms. The van der Waals surface area contributed by atoms with Crippen LogP contribution in [-0.4, -0.2) is 72.2 Å². The average Bonchev–Trinajstić information content (AvgIpc) is 2.91. The molecule has 1 fully saturated rings. The van der Waals surface area contributed by atoms with Gasteiger partial charge in [0.05, 0.1) is 0 Å². The molecule has 0 aliphatic carbocycles. The molecule has 4 rings (SSSR count). The molecular formula is C29H36N6O3. The van der Waals surface area contributed by atoms with Crippen LogP contribution in [0.4, 0.5) is 16.4 Å². The number of carbonyl (C=O) groups is 2. The van der Waals surface area contributed by atoms with Crippen molar-refractivity contribution in [3.05, 3.63) is 72.6 Å². The van der Waals surface area contributed by atoms with Gasteiger partial charge in [-0.1, -0.05) is 36.4 Å². The van der Waals surface area contributed by atoms with Gasteiger partial charge in [-0.05, 0) is 50.1 Å². The van der Waals surface area contributed by atoms with Crippen molar-refractivity contribution in [2.45, 2.75) is 32.9 Å². The fraction of sp³-hybridized carbons (Fsp3) is 0.379. The standard InChI is InChI=1S/C29H36N6O3/c1-29(2,3)38-28(37)32-20-26(36)33(4)21-22-9-8-10-23(17-22)24-18-30-27(31-19-24)35-15-13-34(14-16-35)25-11-6-5-7-12-25/h5-12,17-19H,13-16,20-21H2,1-4H3,(H,32,37). The van der Waals surface area contributed by atoms with Crippen LogP contribution in [0.3, 0.4) is 0 Å². The summed E-state index contributed by atoms with van der Waals surface area (Å²) in [5.74, 6) is 0.529. The van der Waals surface area contributed by atoms with Crippen molar-refractivity contribution in [3.63, 3.8) is 0 Å². The van der Waals surface area contributed by atoms with Crippen LogP contribution in [0.5, 0.6) is 0 Å². The first-order valence-electron chi connectivity index (χ1n) is 12.8. The summed E-state index contributed by atoms with van der Waals surface area (Å²) in [6, 6.07) is 18.4. The fourth-order valence-electron chi connectivity index (χ4n) is 4.25. The number of amides is 2. The van der Waals surface area contributed by atoms with E-state index in [-0.39, 0.29) is 12.5 Å². The van der Waals surface area contributed by atoms with Crippen LogP contribution in [0.15, 0.2) is 67.0 Å². The number of aromatic nitrogens is 2. The summed E-state index contributed by atoms with van der Waals surface area (Å²) in [5, 5.41) is 2.51. The number of para-hydroxylation sites is 1. The van der Waals surface area contributed by atoms with Gasteiger partial charge in [-0.2, -0.15) is 0 Å². The molecule has 0 radical (unpaired) electrons. The zero-order chi connectivity index (χ0) is 27.1. The van der Waals surface area contributed by atoms with Crippen molar-refractivity contribution in [3.8, 4) is 11.1 Å². The van der Waals surface area contributed by atoms with Crippen molar-refractivity contribution in [1.29, 1.82) is 0 Å². The topological polar surface area (TPSA) is 90.9 Å². The monoisotopic (exact) mass is 516 g/mol. The summed E-state index contributed by atoms with van der Waals surface area (Å²) < 4.78 is 5.18. The molecule has 1 aliphatic rings. The van der Waals surface area contributed by atoms with Crippen molar-refractivity contribution in [2.24, 2.45) is 0 Å². The lowest BCUT2D eigenvalue weighted by Crippen LogP contribution is -2.47. The Morgan fingerprint density at radius 3 is 2.24 bits per heavy atom. The van der Waals surface area contributed by atoms with E-state index < -0.39 is 11.7 Å². The van der Waals surface area contributed by atoms with Gasteiger partial charge in [0.1, 0.15) is 12.1 Å². The first kappa shape index (κ1) is 26.9. The number of nitrogens with zero attached hydrogens (tertiary/aromatic N) is 5. The molecule has 2 amide bonds. The maximum atomic E-state index is 12.5. The van der Waals surface area contributed by atoms with Crippen molar-refractivity contribution in [2.75, 3.05) is 49.6 Å². The Morgan fingerprint density at radius 2 is 1.58 bits per heavy atom. The zero-order valence-corrected chi connectivity index (χ0v) is 22.6. The number of benzene rings is 2. The minimum absolute atomic E-state index is 0.125. The largest absolute Gasteiger partial charge is 0.444 e. The van der Waals surface area contributed by atoms with E-state index in [2.05, 4.69) is 49.4 Å². The molecule has 1 aliphatic heterocycles. The molecule has 2 aromatic carbocycles. The zero-order valence-electron chi connectivity index (χ0n) is 22.6. The van der Waals surface area contributed by atoms with Gasteiger partial charge in [-0.15, -0.1) is 0 Å². The molecule has 38 heavy (non-hydrogen) atoms. The summed E-state index contributed by atoms with van der Waals surface area (Å²) in [4.78, 5) is 39.8. The molecule has 2 heterocycles. The van der Waals surface area contributed by atoms with Gasteiger partial charge in [-0.25, -0.2) is 14.8 Å². The van der Waals surface area contributed by atoms with Gasteiger partial charge in [0.15, 0.2) is 0 Å². The molecule has 0 unspecified atom stereocenters. The number of nitrogens with one attached hydrogen (secondary N) is 1. The summed E-state index contributed by atoms with van der Waals surface area (Å²) in [5.41, 5.74) is 3.50. The van der Waals surface area contributed by atoms with Crippen LogP contribution in [0.1, 0.15) is 26.3 Å². The Kier molecular flexibility index (Phi) is 8.45. The average molecular weight is 517 g/mol. The third-order valence-corrected chi connectivity index (χ3v) is 6.21. The van der Waals surface area contributed by atoms with E-state index in [1.165, 1.54) is 5.69 Å². The normalized spacial score (nSPS) is 13.7. The predicted molar refractivity (Wildman–Crippen MR) is 149 cm³/mol. The number of hydrogen-bond acceptors (Lipinski definition) is 7. The second-order valence-electron chi connectivity index (χ2n) is 10.4. The Hall–Kier alpha value is -4.14. The number of hydrogen-bond donors (Lipinski definition) is 1. The lowest BCUT2D eigenvalue weighted by molar-refractivity contribution is -0.129. The summed E-state index contributed by atoms with van der Waals surface area (Å²) in [7, 11) is 1.71. The molecule has 200 valence electrons.